The van der Waals surface area contributed by atoms with E-state index in [1.807, 2.05) is 0 Å². The molecule has 0 amide bonds. The summed E-state index contributed by atoms with van der Waals surface area (Å²) in [5.74, 6) is 0.934. The molecule has 0 radical (unpaired) electrons. The highest BCUT2D eigenvalue weighted by Crippen LogP contribution is 2.34. The average molecular weight is 221 g/mol. The van der Waals surface area contributed by atoms with Crippen LogP contribution in [-0.2, 0) is 13.1 Å². The molecule has 1 fully saturated rings. The quantitative estimate of drug-likeness (QED) is 0.800. The number of hydrogen-bond acceptors (Lipinski definition) is 2. The van der Waals surface area contributed by atoms with Crippen molar-refractivity contribution in [2.24, 2.45) is 5.92 Å². The zero-order valence-corrected chi connectivity index (χ0v) is 10.7. The van der Waals surface area contributed by atoms with Gasteiger partial charge in [-0.05, 0) is 38.7 Å². The van der Waals surface area contributed by atoms with Gasteiger partial charge in [-0.3, -0.25) is 4.68 Å². The zero-order chi connectivity index (χ0) is 11.5. The molecular weight excluding hydrogens is 198 g/mol. The minimum Gasteiger partial charge on any atom is -0.308 e. The van der Waals surface area contributed by atoms with Crippen molar-refractivity contribution in [3.63, 3.8) is 0 Å². The molecule has 1 aliphatic carbocycles. The van der Waals surface area contributed by atoms with Gasteiger partial charge in [0.05, 0.1) is 11.4 Å². The number of nitrogens with one attached hydrogen (secondary N) is 1. The fraction of sp³-hybridized carbons (Fsp3) is 0.769. The van der Waals surface area contributed by atoms with Crippen LogP contribution in [0.3, 0.4) is 0 Å². The molecule has 1 aliphatic rings. The normalized spacial score (nSPS) is 23.7. The molecule has 16 heavy (non-hydrogen) atoms. The topological polar surface area (TPSA) is 29.9 Å². The van der Waals surface area contributed by atoms with Gasteiger partial charge in [0, 0.05) is 19.1 Å². The van der Waals surface area contributed by atoms with Crippen LogP contribution in [0.25, 0.3) is 0 Å². The maximum atomic E-state index is 4.46. The highest BCUT2D eigenvalue weighted by molar-refractivity contribution is 5.09. The van der Waals surface area contributed by atoms with E-state index in [-0.39, 0.29) is 0 Å². The number of hydrogen-bond donors (Lipinski definition) is 1. The molecule has 90 valence electrons. The van der Waals surface area contributed by atoms with Crippen LogP contribution in [-0.4, -0.2) is 15.8 Å². The van der Waals surface area contributed by atoms with E-state index in [1.54, 1.807) is 0 Å². The summed E-state index contributed by atoms with van der Waals surface area (Å²) in [6.45, 7) is 8.41. The van der Waals surface area contributed by atoms with Gasteiger partial charge in [-0.1, -0.05) is 13.3 Å². The van der Waals surface area contributed by atoms with Gasteiger partial charge in [0.2, 0.25) is 0 Å². The van der Waals surface area contributed by atoms with E-state index in [4.69, 9.17) is 0 Å². The first-order chi connectivity index (χ1) is 7.74. The molecule has 1 aromatic heterocycles. The smallest absolute Gasteiger partial charge is 0.0597 e. The third kappa shape index (κ3) is 2.64. The summed E-state index contributed by atoms with van der Waals surface area (Å²) in [6, 6.07) is 2.95. The summed E-state index contributed by atoms with van der Waals surface area (Å²) >= 11 is 0. The van der Waals surface area contributed by atoms with Crippen LogP contribution in [0, 0.1) is 12.8 Å². The first-order valence-corrected chi connectivity index (χ1v) is 6.51. The van der Waals surface area contributed by atoms with Crippen LogP contribution in [0.2, 0.25) is 0 Å². The molecule has 2 rings (SSSR count). The second kappa shape index (κ2) is 5.00. The zero-order valence-electron chi connectivity index (χ0n) is 10.7. The van der Waals surface area contributed by atoms with Gasteiger partial charge in [-0.25, -0.2) is 0 Å². The number of aromatic nitrogens is 2. The standard InChI is InChI=1S/C13H23N3/c1-4-6-11-8-13(11)14-9-12-7-10(3)15-16(12)5-2/h7,11,13-14H,4-6,8-9H2,1-3H3. The molecule has 1 aromatic rings. The molecule has 1 saturated carbocycles. The Balaban J connectivity index is 1.81. The van der Waals surface area contributed by atoms with E-state index < -0.39 is 0 Å². The Morgan fingerprint density at radius 1 is 1.50 bits per heavy atom. The van der Waals surface area contributed by atoms with Gasteiger partial charge in [-0.2, -0.15) is 5.10 Å². The first kappa shape index (κ1) is 11.6. The van der Waals surface area contributed by atoms with Gasteiger partial charge >= 0.3 is 0 Å². The maximum Gasteiger partial charge on any atom is 0.0597 e. The van der Waals surface area contributed by atoms with E-state index in [0.29, 0.717) is 0 Å². The van der Waals surface area contributed by atoms with Gasteiger partial charge in [0.1, 0.15) is 0 Å². The molecule has 0 bridgehead atoms. The van der Waals surface area contributed by atoms with Crippen molar-refractivity contribution in [3.8, 4) is 0 Å². The molecule has 2 unspecified atom stereocenters. The van der Waals surface area contributed by atoms with Crippen LogP contribution in [0.1, 0.15) is 44.5 Å². The van der Waals surface area contributed by atoms with Gasteiger partial charge in [0.15, 0.2) is 0 Å². The van der Waals surface area contributed by atoms with Crippen molar-refractivity contribution in [2.45, 2.75) is 59.2 Å². The predicted molar refractivity (Wildman–Crippen MR) is 66.3 cm³/mol. The third-order valence-electron chi connectivity index (χ3n) is 3.41. The molecule has 3 heteroatoms. The van der Waals surface area contributed by atoms with Crippen molar-refractivity contribution < 1.29 is 0 Å². The highest BCUT2D eigenvalue weighted by atomic mass is 15.3. The first-order valence-electron chi connectivity index (χ1n) is 6.51. The number of rotatable bonds is 6. The SMILES string of the molecule is CCCC1CC1NCc1cc(C)nn1CC. The van der Waals surface area contributed by atoms with Crippen molar-refractivity contribution in [1.29, 1.82) is 0 Å². The summed E-state index contributed by atoms with van der Waals surface area (Å²) in [5, 5.41) is 8.09. The van der Waals surface area contributed by atoms with Crippen molar-refractivity contribution in [3.05, 3.63) is 17.5 Å². The van der Waals surface area contributed by atoms with Crippen LogP contribution in [0.4, 0.5) is 0 Å². The molecule has 0 saturated heterocycles. The van der Waals surface area contributed by atoms with E-state index in [1.165, 1.54) is 25.0 Å². The molecule has 1 N–H and O–H groups in total. The van der Waals surface area contributed by atoms with Crippen LogP contribution >= 0.6 is 0 Å². The second-order valence-electron chi connectivity index (χ2n) is 4.86. The Labute approximate surface area is 98.2 Å². The number of nitrogens with zero attached hydrogens (tertiary/aromatic N) is 2. The summed E-state index contributed by atoms with van der Waals surface area (Å²) in [5.41, 5.74) is 2.45. The van der Waals surface area contributed by atoms with Crippen LogP contribution < -0.4 is 5.32 Å². The Morgan fingerprint density at radius 2 is 2.31 bits per heavy atom. The van der Waals surface area contributed by atoms with E-state index in [2.05, 4.69) is 41.9 Å². The second-order valence-corrected chi connectivity index (χ2v) is 4.86. The van der Waals surface area contributed by atoms with Crippen molar-refractivity contribution >= 4 is 0 Å². The predicted octanol–water partition coefficient (Wildman–Crippen LogP) is 2.49. The van der Waals surface area contributed by atoms with E-state index in [9.17, 15) is 0 Å². The average Bonchev–Trinajstić information content (AvgIpc) is 2.90. The Hall–Kier alpha value is -0.830. The Kier molecular flexibility index (Phi) is 3.64. The molecule has 2 atom stereocenters. The van der Waals surface area contributed by atoms with Crippen molar-refractivity contribution in [1.82, 2.24) is 15.1 Å². The maximum absolute atomic E-state index is 4.46. The summed E-state index contributed by atoms with van der Waals surface area (Å²) < 4.78 is 2.10. The molecule has 0 spiro atoms. The minimum atomic E-state index is 0.764. The summed E-state index contributed by atoms with van der Waals surface area (Å²) in [4.78, 5) is 0. The Bertz CT molecular complexity index is 343. The lowest BCUT2D eigenvalue weighted by atomic mass is 10.2. The summed E-state index contributed by atoms with van der Waals surface area (Å²) in [7, 11) is 0. The lowest BCUT2D eigenvalue weighted by Gasteiger charge is -2.06. The summed E-state index contributed by atoms with van der Waals surface area (Å²) in [6.07, 6.45) is 4.06. The van der Waals surface area contributed by atoms with Crippen molar-refractivity contribution in [2.75, 3.05) is 0 Å². The van der Waals surface area contributed by atoms with E-state index >= 15 is 0 Å². The molecule has 1 heterocycles. The lowest BCUT2D eigenvalue weighted by molar-refractivity contribution is 0.554. The third-order valence-corrected chi connectivity index (χ3v) is 3.41. The fourth-order valence-electron chi connectivity index (χ4n) is 2.44. The molecular formula is C13H23N3. The molecule has 0 aliphatic heterocycles. The Morgan fingerprint density at radius 3 is 3.00 bits per heavy atom. The number of aryl methyl sites for hydroxylation is 2. The van der Waals surface area contributed by atoms with Crippen LogP contribution in [0.15, 0.2) is 6.07 Å². The van der Waals surface area contributed by atoms with E-state index in [0.717, 1.165) is 30.7 Å². The van der Waals surface area contributed by atoms with Gasteiger partial charge < -0.3 is 5.32 Å². The highest BCUT2D eigenvalue weighted by Gasteiger charge is 2.35. The monoisotopic (exact) mass is 221 g/mol. The van der Waals surface area contributed by atoms with Gasteiger partial charge in [0.25, 0.3) is 0 Å². The lowest BCUT2D eigenvalue weighted by Crippen LogP contribution is -2.20. The largest absolute Gasteiger partial charge is 0.308 e. The molecule has 3 nitrogen and oxygen atoms in total. The minimum absolute atomic E-state index is 0.764. The fourth-order valence-corrected chi connectivity index (χ4v) is 2.44. The van der Waals surface area contributed by atoms with Gasteiger partial charge in [-0.15, -0.1) is 0 Å². The molecule has 0 aromatic carbocycles. The van der Waals surface area contributed by atoms with Crippen LogP contribution in [0.5, 0.6) is 0 Å².